The number of carbonyl (C=O) groups is 1. The summed E-state index contributed by atoms with van der Waals surface area (Å²) < 4.78 is 0. The number of rotatable bonds is 2. The van der Waals surface area contributed by atoms with Crippen molar-refractivity contribution in [1.29, 1.82) is 5.26 Å². The van der Waals surface area contributed by atoms with Crippen LogP contribution in [0.15, 0.2) is 24.3 Å². The second-order valence-corrected chi connectivity index (χ2v) is 4.62. The van der Waals surface area contributed by atoms with Gasteiger partial charge in [0.25, 0.3) is 0 Å². The highest BCUT2D eigenvalue weighted by atomic mass is 16.2. The van der Waals surface area contributed by atoms with Crippen molar-refractivity contribution >= 4 is 22.9 Å². The third-order valence-corrected chi connectivity index (χ3v) is 3.33. The first kappa shape index (κ1) is 11.5. The average molecular weight is 255 g/mol. The molecular formula is C13H13N5O. The van der Waals surface area contributed by atoms with Gasteiger partial charge < -0.3 is 9.88 Å². The lowest BCUT2D eigenvalue weighted by Crippen LogP contribution is -2.25. The lowest BCUT2D eigenvalue weighted by Gasteiger charge is -2.08. The summed E-state index contributed by atoms with van der Waals surface area (Å²) in [6.45, 7) is 1.14. The number of carbonyl (C=O) groups excluding carboxylic acids is 1. The second kappa shape index (κ2) is 4.61. The number of fused-ring (bicyclic) bond motifs is 1. The molecule has 0 spiro atoms. The van der Waals surface area contributed by atoms with Gasteiger partial charge in [0.15, 0.2) is 6.19 Å². The van der Waals surface area contributed by atoms with Gasteiger partial charge in [0.2, 0.25) is 11.9 Å². The molecule has 1 unspecified atom stereocenters. The van der Waals surface area contributed by atoms with Crippen LogP contribution >= 0.6 is 0 Å². The summed E-state index contributed by atoms with van der Waals surface area (Å²) in [5, 5.41) is 11.6. The summed E-state index contributed by atoms with van der Waals surface area (Å²) in [7, 11) is 0. The number of benzene rings is 1. The Morgan fingerprint density at radius 1 is 1.53 bits per heavy atom. The molecule has 0 aliphatic carbocycles. The van der Waals surface area contributed by atoms with E-state index in [4.69, 9.17) is 5.26 Å². The molecule has 96 valence electrons. The summed E-state index contributed by atoms with van der Waals surface area (Å²) in [5.74, 6) is 0.228. The summed E-state index contributed by atoms with van der Waals surface area (Å²) in [4.78, 5) is 21.0. The Kier molecular flexibility index (Phi) is 2.80. The van der Waals surface area contributed by atoms with Crippen LogP contribution in [0.5, 0.6) is 0 Å². The van der Waals surface area contributed by atoms with Crippen molar-refractivity contribution in [1.82, 2.24) is 14.9 Å². The van der Waals surface area contributed by atoms with Crippen LogP contribution in [-0.2, 0) is 4.79 Å². The van der Waals surface area contributed by atoms with E-state index < -0.39 is 0 Å². The van der Waals surface area contributed by atoms with E-state index >= 15 is 0 Å². The van der Waals surface area contributed by atoms with Gasteiger partial charge in [-0.25, -0.2) is 4.98 Å². The lowest BCUT2D eigenvalue weighted by atomic mass is 10.1. The molecule has 1 amide bonds. The van der Waals surface area contributed by atoms with Crippen molar-refractivity contribution in [2.75, 3.05) is 18.4 Å². The zero-order valence-corrected chi connectivity index (χ0v) is 10.3. The third kappa shape index (κ3) is 2.22. The molecule has 0 saturated carbocycles. The van der Waals surface area contributed by atoms with Gasteiger partial charge in [0.05, 0.1) is 17.0 Å². The first-order valence-corrected chi connectivity index (χ1v) is 6.16. The van der Waals surface area contributed by atoms with Crippen molar-refractivity contribution in [3.05, 3.63) is 24.3 Å². The van der Waals surface area contributed by atoms with E-state index in [0.29, 0.717) is 25.5 Å². The van der Waals surface area contributed by atoms with Crippen LogP contribution in [-0.4, -0.2) is 33.9 Å². The van der Waals surface area contributed by atoms with Gasteiger partial charge in [-0.15, -0.1) is 0 Å². The standard InChI is InChI=1S/C13H13N5O/c14-8-18-6-5-9(7-18)12(19)17-13-15-10-3-1-2-4-11(10)16-13/h1-4,9H,5-7H2,(H2,15,16,17,19). The van der Waals surface area contributed by atoms with Crippen LogP contribution in [0.4, 0.5) is 5.95 Å². The van der Waals surface area contributed by atoms with Crippen molar-refractivity contribution in [2.45, 2.75) is 6.42 Å². The molecular weight excluding hydrogens is 242 g/mol. The number of aromatic amines is 1. The molecule has 3 rings (SSSR count). The highest BCUT2D eigenvalue weighted by Crippen LogP contribution is 2.18. The number of nitrogens with one attached hydrogen (secondary N) is 2. The number of amides is 1. The number of likely N-dealkylation sites (tertiary alicyclic amines) is 1. The molecule has 2 aromatic rings. The Labute approximate surface area is 110 Å². The number of hydrogen-bond acceptors (Lipinski definition) is 4. The van der Waals surface area contributed by atoms with Crippen LogP contribution in [0.3, 0.4) is 0 Å². The maximum absolute atomic E-state index is 12.0. The Bertz CT molecular complexity index is 623. The number of H-pyrrole nitrogens is 1. The van der Waals surface area contributed by atoms with Crippen LogP contribution in [0.25, 0.3) is 11.0 Å². The summed E-state index contributed by atoms with van der Waals surface area (Å²) >= 11 is 0. The molecule has 1 saturated heterocycles. The summed E-state index contributed by atoms with van der Waals surface area (Å²) in [5.41, 5.74) is 1.71. The third-order valence-electron chi connectivity index (χ3n) is 3.33. The van der Waals surface area contributed by atoms with Gasteiger partial charge in [0, 0.05) is 13.1 Å². The molecule has 6 nitrogen and oxygen atoms in total. The Balaban J connectivity index is 1.71. The van der Waals surface area contributed by atoms with Gasteiger partial charge in [-0.3, -0.25) is 10.1 Å². The van der Waals surface area contributed by atoms with E-state index in [0.717, 1.165) is 11.0 Å². The zero-order chi connectivity index (χ0) is 13.2. The van der Waals surface area contributed by atoms with Crippen molar-refractivity contribution in [3.8, 4) is 6.19 Å². The van der Waals surface area contributed by atoms with E-state index in [2.05, 4.69) is 21.5 Å². The van der Waals surface area contributed by atoms with E-state index in [9.17, 15) is 4.79 Å². The number of imidazole rings is 1. The fourth-order valence-electron chi connectivity index (χ4n) is 2.30. The largest absolute Gasteiger partial charge is 0.324 e. The predicted molar refractivity (Wildman–Crippen MR) is 70.0 cm³/mol. The lowest BCUT2D eigenvalue weighted by molar-refractivity contribution is -0.119. The number of anilines is 1. The average Bonchev–Trinajstić information content (AvgIpc) is 3.04. The molecule has 6 heteroatoms. The van der Waals surface area contributed by atoms with Crippen LogP contribution in [0, 0.1) is 17.4 Å². The minimum absolute atomic E-state index is 0.0863. The van der Waals surface area contributed by atoms with E-state index in [1.807, 2.05) is 24.3 Å². The molecule has 1 aromatic carbocycles. The number of nitriles is 1. The SMILES string of the molecule is N#CN1CCC(C(=O)Nc2nc3ccccc3[nH]2)C1. The Morgan fingerprint density at radius 2 is 2.37 bits per heavy atom. The monoisotopic (exact) mass is 255 g/mol. The van der Waals surface area contributed by atoms with E-state index in [1.54, 1.807) is 4.90 Å². The quantitative estimate of drug-likeness (QED) is 0.792. The van der Waals surface area contributed by atoms with Gasteiger partial charge >= 0.3 is 0 Å². The first-order valence-electron chi connectivity index (χ1n) is 6.16. The molecule has 1 aliphatic heterocycles. The normalized spacial score (nSPS) is 18.5. The van der Waals surface area contributed by atoms with Crippen LogP contribution < -0.4 is 5.32 Å². The van der Waals surface area contributed by atoms with Crippen LogP contribution in [0.1, 0.15) is 6.42 Å². The molecule has 1 atom stereocenters. The molecule has 1 aromatic heterocycles. The predicted octanol–water partition coefficient (Wildman–Crippen LogP) is 1.30. The van der Waals surface area contributed by atoms with Crippen LogP contribution in [0.2, 0.25) is 0 Å². The smallest absolute Gasteiger partial charge is 0.231 e. The fourth-order valence-corrected chi connectivity index (χ4v) is 2.30. The topological polar surface area (TPSA) is 84.8 Å². The summed E-state index contributed by atoms with van der Waals surface area (Å²) in [6.07, 6.45) is 2.77. The molecule has 0 bridgehead atoms. The molecule has 0 radical (unpaired) electrons. The molecule has 1 fully saturated rings. The number of hydrogen-bond donors (Lipinski definition) is 2. The first-order chi connectivity index (χ1) is 9.26. The number of nitrogens with zero attached hydrogens (tertiary/aromatic N) is 3. The van der Waals surface area contributed by atoms with Gasteiger partial charge in [0.1, 0.15) is 0 Å². The molecule has 2 N–H and O–H groups in total. The molecule has 2 heterocycles. The summed E-state index contributed by atoms with van der Waals surface area (Å²) in [6, 6.07) is 7.60. The van der Waals surface area contributed by atoms with Gasteiger partial charge in [-0.05, 0) is 18.6 Å². The molecule has 19 heavy (non-hydrogen) atoms. The van der Waals surface area contributed by atoms with Gasteiger partial charge in [-0.1, -0.05) is 12.1 Å². The Hall–Kier alpha value is -2.55. The van der Waals surface area contributed by atoms with E-state index in [-0.39, 0.29) is 11.8 Å². The maximum atomic E-state index is 12.0. The number of aromatic nitrogens is 2. The van der Waals surface area contributed by atoms with E-state index in [1.165, 1.54) is 0 Å². The second-order valence-electron chi connectivity index (χ2n) is 4.62. The number of para-hydroxylation sites is 2. The highest BCUT2D eigenvalue weighted by molar-refractivity contribution is 5.93. The molecule has 1 aliphatic rings. The fraction of sp³-hybridized carbons (Fsp3) is 0.308. The van der Waals surface area contributed by atoms with Gasteiger partial charge in [-0.2, -0.15) is 5.26 Å². The maximum Gasteiger partial charge on any atom is 0.231 e. The van der Waals surface area contributed by atoms with Crippen molar-refractivity contribution < 1.29 is 4.79 Å². The Morgan fingerprint density at radius 3 is 3.11 bits per heavy atom. The van der Waals surface area contributed by atoms with Crippen molar-refractivity contribution in [3.63, 3.8) is 0 Å². The van der Waals surface area contributed by atoms with Crippen molar-refractivity contribution in [2.24, 2.45) is 5.92 Å². The zero-order valence-electron chi connectivity index (χ0n) is 10.3. The minimum Gasteiger partial charge on any atom is -0.324 e. The highest BCUT2D eigenvalue weighted by Gasteiger charge is 2.28. The minimum atomic E-state index is -0.145.